The van der Waals surface area contributed by atoms with Crippen molar-refractivity contribution in [2.75, 3.05) is 16.8 Å². The molecule has 2 N–H and O–H groups in total. The number of pyridine rings is 1. The molecule has 0 fully saturated rings. The predicted octanol–water partition coefficient (Wildman–Crippen LogP) is 3.31. The van der Waals surface area contributed by atoms with Gasteiger partial charge >= 0.3 is 6.03 Å². The molecule has 0 atom stereocenters. The quantitative estimate of drug-likeness (QED) is 0.913. The van der Waals surface area contributed by atoms with Gasteiger partial charge in [0.05, 0.1) is 11.9 Å². The number of carbonyl (C=O) groups excluding carboxylic acids is 1. The van der Waals surface area contributed by atoms with Crippen LogP contribution in [0.1, 0.15) is 19.4 Å². The summed E-state index contributed by atoms with van der Waals surface area (Å²) in [5, 5.41) is 5.50. The Morgan fingerprint density at radius 2 is 2.05 bits per heavy atom. The largest absolute Gasteiger partial charge is 0.340 e. The molecular formula is C17H20N4O. The highest BCUT2D eigenvalue weighted by atomic mass is 16.2. The number of urea groups is 1. The van der Waals surface area contributed by atoms with E-state index in [1.807, 2.05) is 26.0 Å². The van der Waals surface area contributed by atoms with Gasteiger partial charge in [-0.3, -0.25) is 5.32 Å². The van der Waals surface area contributed by atoms with Crippen molar-refractivity contribution in [1.82, 2.24) is 10.3 Å². The van der Waals surface area contributed by atoms with Gasteiger partial charge in [0.15, 0.2) is 0 Å². The molecule has 0 spiro atoms. The second-order valence-corrected chi connectivity index (χ2v) is 5.69. The number of hydrogen-bond donors (Lipinski definition) is 2. The number of benzene rings is 1. The van der Waals surface area contributed by atoms with E-state index in [0.29, 0.717) is 5.82 Å². The third kappa shape index (κ3) is 3.03. The number of rotatable bonds is 3. The normalized spacial score (nSPS) is 13.1. The van der Waals surface area contributed by atoms with Crippen LogP contribution in [0.3, 0.4) is 0 Å². The van der Waals surface area contributed by atoms with Crippen molar-refractivity contribution < 1.29 is 4.79 Å². The highest BCUT2D eigenvalue weighted by Crippen LogP contribution is 2.33. The Balaban J connectivity index is 1.72. The van der Waals surface area contributed by atoms with Crippen molar-refractivity contribution in [3.63, 3.8) is 0 Å². The van der Waals surface area contributed by atoms with Gasteiger partial charge in [-0.05, 0) is 44.0 Å². The van der Waals surface area contributed by atoms with E-state index in [1.165, 1.54) is 11.3 Å². The van der Waals surface area contributed by atoms with Crippen LogP contribution in [0.4, 0.5) is 22.0 Å². The molecule has 0 radical (unpaired) electrons. The Morgan fingerprint density at radius 1 is 1.23 bits per heavy atom. The lowest BCUT2D eigenvalue weighted by molar-refractivity contribution is 0.250. The van der Waals surface area contributed by atoms with Crippen LogP contribution in [0.15, 0.2) is 42.6 Å². The number of carbonyl (C=O) groups is 1. The summed E-state index contributed by atoms with van der Waals surface area (Å²) in [5.74, 6) is 0.550. The van der Waals surface area contributed by atoms with Gasteiger partial charge in [-0.25, -0.2) is 9.78 Å². The van der Waals surface area contributed by atoms with Gasteiger partial charge in [-0.15, -0.1) is 0 Å². The molecule has 5 nitrogen and oxygen atoms in total. The standard InChI is InChI=1S/C17H20N4O/c1-12(2)19-17(22)20-16-8-7-14(11-18-16)21-10-9-13-5-3-4-6-15(13)21/h3-8,11-12H,9-10H2,1-2H3,(H2,18,19,20,22). The van der Waals surface area contributed by atoms with Crippen molar-refractivity contribution >= 4 is 23.2 Å². The molecule has 22 heavy (non-hydrogen) atoms. The second kappa shape index (κ2) is 6.05. The third-order valence-electron chi connectivity index (χ3n) is 3.61. The van der Waals surface area contributed by atoms with Gasteiger partial charge in [0.1, 0.15) is 5.82 Å². The van der Waals surface area contributed by atoms with E-state index in [1.54, 1.807) is 6.20 Å². The molecule has 1 aromatic carbocycles. The summed E-state index contributed by atoms with van der Waals surface area (Å²) in [6.45, 7) is 4.80. The monoisotopic (exact) mass is 296 g/mol. The maximum absolute atomic E-state index is 11.7. The molecule has 0 unspecified atom stereocenters. The fraction of sp³-hybridized carbons (Fsp3) is 0.294. The number of hydrogen-bond acceptors (Lipinski definition) is 3. The Hall–Kier alpha value is -2.56. The van der Waals surface area contributed by atoms with Crippen LogP contribution < -0.4 is 15.5 Å². The maximum Gasteiger partial charge on any atom is 0.320 e. The van der Waals surface area contributed by atoms with Crippen LogP contribution >= 0.6 is 0 Å². The first kappa shape index (κ1) is 14.4. The van der Waals surface area contributed by atoms with Crippen LogP contribution in [0.25, 0.3) is 0 Å². The number of nitrogens with one attached hydrogen (secondary N) is 2. The SMILES string of the molecule is CC(C)NC(=O)Nc1ccc(N2CCc3ccccc32)cn1. The molecule has 1 aromatic heterocycles. The van der Waals surface area contributed by atoms with Crippen LogP contribution in [-0.2, 0) is 6.42 Å². The van der Waals surface area contributed by atoms with Crippen molar-refractivity contribution in [2.24, 2.45) is 0 Å². The summed E-state index contributed by atoms with van der Waals surface area (Å²) < 4.78 is 0. The van der Waals surface area contributed by atoms with Crippen LogP contribution in [0.5, 0.6) is 0 Å². The van der Waals surface area contributed by atoms with E-state index < -0.39 is 0 Å². The molecule has 0 saturated heterocycles. The van der Waals surface area contributed by atoms with Gasteiger partial charge in [-0.2, -0.15) is 0 Å². The summed E-state index contributed by atoms with van der Waals surface area (Å²) in [5.41, 5.74) is 3.64. The highest BCUT2D eigenvalue weighted by Gasteiger charge is 2.19. The zero-order chi connectivity index (χ0) is 15.5. The summed E-state index contributed by atoms with van der Waals surface area (Å²) in [6, 6.07) is 12.1. The van der Waals surface area contributed by atoms with Gasteiger partial charge in [0.25, 0.3) is 0 Å². The average molecular weight is 296 g/mol. The minimum atomic E-state index is -0.234. The Morgan fingerprint density at radius 3 is 2.77 bits per heavy atom. The van der Waals surface area contributed by atoms with E-state index in [9.17, 15) is 4.79 Å². The second-order valence-electron chi connectivity index (χ2n) is 5.69. The molecule has 5 heteroatoms. The fourth-order valence-corrected chi connectivity index (χ4v) is 2.64. The predicted molar refractivity (Wildman–Crippen MR) is 88.7 cm³/mol. The summed E-state index contributed by atoms with van der Waals surface area (Å²) >= 11 is 0. The van der Waals surface area contributed by atoms with E-state index in [0.717, 1.165) is 18.7 Å². The van der Waals surface area contributed by atoms with Crippen molar-refractivity contribution in [1.29, 1.82) is 0 Å². The average Bonchev–Trinajstić information content (AvgIpc) is 2.91. The number of anilines is 3. The van der Waals surface area contributed by atoms with Gasteiger partial charge in [0, 0.05) is 18.3 Å². The molecule has 0 aliphatic carbocycles. The summed E-state index contributed by atoms with van der Waals surface area (Å²) in [4.78, 5) is 18.2. The first-order valence-corrected chi connectivity index (χ1v) is 7.52. The zero-order valence-electron chi connectivity index (χ0n) is 12.8. The van der Waals surface area contributed by atoms with Gasteiger partial charge < -0.3 is 10.2 Å². The lowest BCUT2D eigenvalue weighted by atomic mass is 10.2. The maximum atomic E-state index is 11.7. The highest BCUT2D eigenvalue weighted by molar-refractivity contribution is 5.88. The van der Waals surface area contributed by atoms with Gasteiger partial charge in [-0.1, -0.05) is 18.2 Å². The first-order valence-electron chi connectivity index (χ1n) is 7.52. The van der Waals surface area contributed by atoms with Crippen molar-refractivity contribution in [3.05, 3.63) is 48.2 Å². The molecule has 2 heterocycles. The number of nitrogens with zero attached hydrogens (tertiary/aromatic N) is 2. The van der Waals surface area contributed by atoms with E-state index in [-0.39, 0.29) is 12.1 Å². The molecule has 2 amide bonds. The van der Waals surface area contributed by atoms with E-state index in [4.69, 9.17) is 0 Å². The van der Waals surface area contributed by atoms with Gasteiger partial charge in [0.2, 0.25) is 0 Å². The molecule has 114 valence electrons. The Labute approximate surface area is 130 Å². The van der Waals surface area contributed by atoms with E-state index in [2.05, 4.69) is 44.8 Å². The summed E-state index contributed by atoms with van der Waals surface area (Å²) in [6.07, 6.45) is 2.85. The Bertz CT molecular complexity index is 667. The molecular weight excluding hydrogens is 276 g/mol. The lowest BCUT2D eigenvalue weighted by Gasteiger charge is -2.19. The zero-order valence-corrected chi connectivity index (χ0v) is 12.8. The number of para-hydroxylation sites is 1. The summed E-state index contributed by atoms with van der Waals surface area (Å²) in [7, 11) is 0. The third-order valence-corrected chi connectivity index (χ3v) is 3.61. The van der Waals surface area contributed by atoms with E-state index >= 15 is 0 Å². The lowest BCUT2D eigenvalue weighted by Crippen LogP contribution is -2.34. The van der Waals surface area contributed by atoms with Crippen LogP contribution in [0.2, 0.25) is 0 Å². The smallest absolute Gasteiger partial charge is 0.320 e. The molecule has 1 aliphatic heterocycles. The fourth-order valence-electron chi connectivity index (χ4n) is 2.64. The number of fused-ring (bicyclic) bond motifs is 1. The molecule has 0 bridgehead atoms. The van der Waals surface area contributed by atoms with Crippen LogP contribution in [-0.4, -0.2) is 23.6 Å². The molecule has 3 rings (SSSR count). The molecule has 0 saturated carbocycles. The minimum Gasteiger partial charge on any atom is -0.340 e. The topological polar surface area (TPSA) is 57.3 Å². The van der Waals surface area contributed by atoms with Crippen molar-refractivity contribution in [3.8, 4) is 0 Å². The number of amides is 2. The minimum absolute atomic E-state index is 0.0976. The Kier molecular flexibility index (Phi) is 3.96. The number of aromatic nitrogens is 1. The van der Waals surface area contributed by atoms with Crippen LogP contribution in [0, 0.1) is 0 Å². The molecule has 2 aromatic rings. The van der Waals surface area contributed by atoms with Crippen molar-refractivity contribution in [2.45, 2.75) is 26.3 Å². The first-order chi connectivity index (χ1) is 10.6. The molecule has 1 aliphatic rings.